The highest BCUT2D eigenvalue weighted by Crippen LogP contribution is 2.30. The van der Waals surface area contributed by atoms with Crippen LogP contribution in [0, 0.1) is 0 Å². The van der Waals surface area contributed by atoms with Crippen LogP contribution in [-0.2, 0) is 21.0 Å². The highest BCUT2D eigenvalue weighted by atomic mass is 32.2. The summed E-state index contributed by atoms with van der Waals surface area (Å²) in [5.41, 5.74) is -1.06. The number of halogens is 3. The molecule has 0 aromatic heterocycles. The summed E-state index contributed by atoms with van der Waals surface area (Å²) in [5.74, 6) is -0.409. The van der Waals surface area contributed by atoms with Gasteiger partial charge in [0.2, 0.25) is 15.9 Å². The lowest BCUT2D eigenvalue weighted by Gasteiger charge is -2.42. The van der Waals surface area contributed by atoms with Gasteiger partial charge in [-0.1, -0.05) is 6.07 Å². The van der Waals surface area contributed by atoms with E-state index in [2.05, 4.69) is 9.62 Å². The van der Waals surface area contributed by atoms with Gasteiger partial charge in [0.05, 0.1) is 17.0 Å². The van der Waals surface area contributed by atoms with E-state index in [-0.39, 0.29) is 12.1 Å². The molecule has 1 aliphatic rings. The number of amides is 1. The second kappa shape index (κ2) is 7.53. The summed E-state index contributed by atoms with van der Waals surface area (Å²) in [4.78, 5) is 15.5. The molecule has 2 atom stereocenters. The Hall–Kier alpha value is -1.65. The minimum absolute atomic E-state index is 0.0817. The first-order chi connectivity index (χ1) is 11.9. The van der Waals surface area contributed by atoms with E-state index < -0.39 is 39.1 Å². The number of nitrogens with one attached hydrogen (secondary N) is 1. The molecular weight excluding hydrogens is 371 g/mol. The Bertz CT molecular complexity index is 767. The summed E-state index contributed by atoms with van der Waals surface area (Å²) in [7, 11) is -2.28. The van der Waals surface area contributed by atoms with E-state index in [9.17, 15) is 26.4 Å². The van der Waals surface area contributed by atoms with Gasteiger partial charge in [-0.2, -0.15) is 13.2 Å². The molecule has 0 saturated carbocycles. The van der Waals surface area contributed by atoms with Crippen molar-refractivity contribution < 1.29 is 26.4 Å². The van der Waals surface area contributed by atoms with Crippen LogP contribution in [0.3, 0.4) is 0 Å². The lowest BCUT2D eigenvalue weighted by atomic mass is 10.1. The number of rotatable bonds is 4. The van der Waals surface area contributed by atoms with E-state index in [1.165, 1.54) is 0 Å². The van der Waals surface area contributed by atoms with Crippen LogP contribution < -0.4 is 4.72 Å². The van der Waals surface area contributed by atoms with E-state index in [0.717, 1.165) is 18.2 Å². The Morgan fingerprint density at radius 2 is 1.88 bits per heavy atom. The van der Waals surface area contributed by atoms with Crippen LogP contribution in [0.4, 0.5) is 13.2 Å². The van der Waals surface area contributed by atoms with Crippen LogP contribution in [0.1, 0.15) is 19.4 Å². The summed E-state index contributed by atoms with van der Waals surface area (Å²) in [6.45, 7) is 4.44. The highest BCUT2D eigenvalue weighted by Gasteiger charge is 2.33. The number of carbonyl (C=O) groups excluding carboxylic acids is 1. The number of carbonyl (C=O) groups is 1. The Morgan fingerprint density at radius 3 is 2.50 bits per heavy atom. The topological polar surface area (TPSA) is 69.7 Å². The molecule has 1 aromatic carbocycles. The quantitative estimate of drug-likeness (QED) is 0.843. The predicted octanol–water partition coefficient (Wildman–Crippen LogP) is 1.53. The molecule has 1 saturated heterocycles. The zero-order chi connectivity index (χ0) is 19.7. The molecule has 0 bridgehead atoms. The van der Waals surface area contributed by atoms with Crippen molar-refractivity contribution in [2.24, 2.45) is 0 Å². The predicted molar refractivity (Wildman–Crippen MR) is 89.9 cm³/mol. The first-order valence-electron chi connectivity index (χ1n) is 8.08. The van der Waals surface area contributed by atoms with Crippen LogP contribution >= 0.6 is 0 Å². The number of hydrogen-bond donors (Lipinski definition) is 1. The second-order valence-corrected chi connectivity index (χ2v) is 8.30. The molecule has 2 unspecified atom stereocenters. The second-order valence-electron chi connectivity index (χ2n) is 6.53. The fourth-order valence-electron chi connectivity index (χ4n) is 2.83. The van der Waals surface area contributed by atoms with Crippen LogP contribution in [0.5, 0.6) is 0 Å². The van der Waals surface area contributed by atoms with E-state index in [1.807, 2.05) is 20.9 Å². The maximum atomic E-state index is 12.7. The third-order valence-corrected chi connectivity index (χ3v) is 5.90. The van der Waals surface area contributed by atoms with Gasteiger partial charge in [0, 0.05) is 25.2 Å². The zero-order valence-electron chi connectivity index (χ0n) is 14.7. The van der Waals surface area contributed by atoms with Crippen LogP contribution in [0.2, 0.25) is 0 Å². The maximum absolute atomic E-state index is 12.7. The summed E-state index contributed by atoms with van der Waals surface area (Å²) < 4.78 is 64.8. The highest BCUT2D eigenvalue weighted by molar-refractivity contribution is 7.89. The zero-order valence-corrected chi connectivity index (χ0v) is 15.6. The van der Waals surface area contributed by atoms with Crippen molar-refractivity contribution in [3.8, 4) is 0 Å². The molecule has 6 nitrogen and oxygen atoms in total. The van der Waals surface area contributed by atoms with Crippen molar-refractivity contribution in [3.63, 3.8) is 0 Å². The van der Waals surface area contributed by atoms with Gasteiger partial charge in [-0.05, 0) is 39.1 Å². The minimum Gasteiger partial charge on any atom is -0.336 e. The lowest BCUT2D eigenvalue weighted by Crippen LogP contribution is -2.58. The summed E-state index contributed by atoms with van der Waals surface area (Å²) >= 11 is 0. The molecule has 0 radical (unpaired) electrons. The van der Waals surface area contributed by atoms with Gasteiger partial charge < -0.3 is 4.90 Å². The van der Waals surface area contributed by atoms with Gasteiger partial charge in [0.1, 0.15) is 0 Å². The SMILES string of the molecule is CC1CN(C(=O)CNS(=O)(=O)c2cccc(C(F)(F)F)c2)C(C)CN1C. The molecule has 1 fully saturated rings. The van der Waals surface area contributed by atoms with Crippen LogP contribution in [0.15, 0.2) is 29.2 Å². The number of alkyl halides is 3. The molecule has 0 aliphatic carbocycles. The number of nitrogens with zero attached hydrogens (tertiary/aromatic N) is 2. The summed E-state index contributed by atoms with van der Waals surface area (Å²) in [5, 5.41) is 0. The van der Waals surface area contributed by atoms with Crippen molar-refractivity contribution in [2.75, 3.05) is 26.7 Å². The van der Waals surface area contributed by atoms with Crippen LogP contribution in [-0.4, -0.2) is 62.9 Å². The number of sulfonamides is 1. The molecule has 10 heteroatoms. The van der Waals surface area contributed by atoms with Crippen LogP contribution in [0.25, 0.3) is 0 Å². The Kier molecular flexibility index (Phi) is 5.99. The molecule has 0 spiro atoms. The van der Waals surface area contributed by atoms with Gasteiger partial charge in [-0.15, -0.1) is 0 Å². The van der Waals surface area contributed by atoms with E-state index in [4.69, 9.17) is 0 Å². The average molecular weight is 393 g/mol. The minimum atomic E-state index is -4.65. The molecule has 1 aliphatic heterocycles. The van der Waals surface area contributed by atoms with Crippen molar-refractivity contribution >= 4 is 15.9 Å². The van der Waals surface area contributed by atoms with Crippen molar-refractivity contribution in [1.29, 1.82) is 0 Å². The Balaban J connectivity index is 2.07. The molecule has 2 rings (SSSR count). The van der Waals surface area contributed by atoms with Crippen molar-refractivity contribution in [1.82, 2.24) is 14.5 Å². The number of piperazine rings is 1. The molecule has 1 N–H and O–H groups in total. The average Bonchev–Trinajstić information content (AvgIpc) is 2.55. The molecule has 1 heterocycles. The third kappa shape index (κ3) is 4.74. The fourth-order valence-corrected chi connectivity index (χ4v) is 3.85. The monoisotopic (exact) mass is 393 g/mol. The fraction of sp³-hybridized carbons (Fsp3) is 0.562. The van der Waals surface area contributed by atoms with E-state index in [1.54, 1.807) is 4.90 Å². The number of likely N-dealkylation sites (N-methyl/N-ethyl adjacent to an activating group) is 1. The van der Waals surface area contributed by atoms with Crippen molar-refractivity contribution in [3.05, 3.63) is 29.8 Å². The third-order valence-electron chi connectivity index (χ3n) is 4.50. The Labute approximate surface area is 151 Å². The lowest BCUT2D eigenvalue weighted by molar-refractivity contribution is -0.138. The first kappa shape index (κ1) is 20.7. The molecule has 1 amide bonds. The van der Waals surface area contributed by atoms with Gasteiger partial charge in [-0.25, -0.2) is 13.1 Å². The van der Waals surface area contributed by atoms with Gasteiger partial charge in [0.15, 0.2) is 0 Å². The number of hydrogen-bond acceptors (Lipinski definition) is 4. The Morgan fingerprint density at radius 1 is 1.23 bits per heavy atom. The van der Waals surface area contributed by atoms with E-state index >= 15 is 0 Å². The summed E-state index contributed by atoms with van der Waals surface area (Å²) in [6, 6.07) is 3.47. The van der Waals surface area contributed by atoms with Crippen molar-refractivity contribution in [2.45, 2.75) is 37.0 Å². The largest absolute Gasteiger partial charge is 0.416 e. The van der Waals surface area contributed by atoms with Gasteiger partial charge in [0.25, 0.3) is 0 Å². The van der Waals surface area contributed by atoms with Gasteiger partial charge >= 0.3 is 6.18 Å². The summed E-state index contributed by atoms with van der Waals surface area (Å²) in [6.07, 6.45) is -4.65. The molecule has 146 valence electrons. The molecule has 26 heavy (non-hydrogen) atoms. The standard InChI is InChI=1S/C16H22F3N3O3S/c1-11-10-22(12(2)9-21(11)3)15(23)8-20-26(24,25)14-6-4-5-13(7-14)16(17,18)19/h4-7,11-12,20H,8-10H2,1-3H3. The van der Waals surface area contributed by atoms with E-state index in [0.29, 0.717) is 19.2 Å². The molecule has 1 aromatic rings. The van der Waals surface area contributed by atoms with Gasteiger partial charge in [-0.3, -0.25) is 9.69 Å². The number of benzene rings is 1. The first-order valence-corrected chi connectivity index (χ1v) is 9.57. The maximum Gasteiger partial charge on any atom is 0.416 e. The smallest absolute Gasteiger partial charge is 0.336 e. The normalized spacial score (nSPS) is 22.5. The molecular formula is C16H22F3N3O3S.